The van der Waals surface area contributed by atoms with Gasteiger partial charge >= 0.3 is 0 Å². The third kappa shape index (κ3) is 5.93. The number of fused-ring (bicyclic) bond motifs is 1. The highest BCUT2D eigenvalue weighted by atomic mass is 19.3. The maximum absolute atomic E-state index is 13.4. The maximum Gasteiger partial charge on any atom is 0.300 e. The van der Waals surface area contributed by atoms with Crippen LogP contribution in [0.4, 0.5) is 14.5 Å². The SMILES string of the molecule is CC#CC(=O)Nc1cccc(Oc2ncnc3[nH]c(-c4ccc(CN5CCC(F)(F)CC5)cc4)cc23)c1. The van der Waals surface area contributed by atoms with Crippen molar-refractivity contribution < 1.29 is 18.3 Å². The lowest BCUT2D eigenvalue weighted by atomic mass is 10.0. The van der Waals surface area contributed by atoms with Crippen LogP contribution in [0, 0.1) is 11.8 Å². The molecule has 1 amide bonds. The highest BCUT2D eigenvalue weighted by Crippen LogP contribution is 2.32. The number of carbonyl (C=O) groups excluding carboxylic acids is 1. The second kappa shape index (κ2) is 10.4. The van der Waals surface area contributed by atoms with E-state index in [1.54, 1.807) is 31.2 Å². The van der Waals surface area contributed by atoms with Gasteiger partial charge in [0.2, 0.25) is 5.88 Å². The second-order valence-corrected chi connectivity index (χ2v) is 8.91. The van der Waals surface area contributed by atoms with E-state index in [2.05, 4.69) is 37.0 Å². The van der Waals surface area contributed by atoms with Crippen molar-refractivity contribution in [3.05, 3.63) is 66.5 Å². The molecule has 0 aliphatic carbocycles. The molecule has 37 heavy (non-hydrogen) atoms. The average molecular weight is 502 g/mol. The fourth-order valence-corrected chi connectivity index (χ4v) is 4.26. The van der Waals surface area contributed by atoms with Crippen molar-refractivity contribution in [2.75, 3.05) is 18.4 Å². The zero-order chi connectivity index (χ0) is 25.8. The lowest BCUT2D eigenvalue weighted by molar-refractivity contribution is -0.111. The van der Waals surface area contributed by atoms with Crippen molar-refractivity contribution in [2.45, 2.75) is 32.2 Å². The molecule has 2 N–H and O–H groups in total. The molecule has 5 rings (SSSR count). The molecule has 1 fully saturated rings. The fourth-order valence-electron chi connectivity index (χ4n) is 4.26. The minimum atomic E-state index is -2.54. The first-order valence-electron chi connectivity index (χ1n) is 11.9. The number of ether oxygens (including phenoxy) is 1. The standard InChI is InChI=1S/C28H25F2N5O2/c1-2-4-25(36)33-21-5-3-6-22(15-21)37-27-23-16-24(34-26(23)31-18-32-27)20-9-7-19(8-10-20)17-35-13-11-28(29,30)12-14-35/h3,5-10,15-16,18H,11-14,17H2,1H3,(H,33,36)(H,31,32,34). The number of nitrogens with one attached hydrogen (secondary N) is 2. The number of anilines is 1. The average Bonchev–Trinajstić information content (AvgIpc) is 3.32. The quantitative estimate of drug-likeness (QED) is 0.336. The molecule has 1 aliphatic rings. The Kier molecular flexibility index (Phi) is 6.84. The molecule has 0 unspecified atom stereocenters. The Bertz CT molecular complexity index is 1480. The van der Waals surface area contributed by atoms with Gasteiger partial charge in [-0.3, -0.25) is 9.69 Å². The number of nitrogens with zero attached hydrogens (tertiary/aromatic N) is 3. The van der Waals surface area contributed by atoms with Crippen molar-refractivity contribution in [1.82, 2.24) is 19.9 Å². The van der Waals surface area contributed by atoms with Gasteiger partial charge in [-0.15, -0.1) is 0 Å². The molecule has 4 aromatic rings. The summed E-state index contributed by atoms with van der Waals surface area (Å²) in [4.78, 5) is 25.7. The van der Waals surface area contributed by atoms with E-state index in [0.717, 1.165) is 16.8 Å². The molecule has 188 valence electrons. The third-order valence-corrected chi connectivity index (χ3v) is 6.19. The molecule has 1 saturated heterocycles. The summed E-state index contributed by atoms with van der Waals surface area (Å²) in [5, 5.41) is 3.41. The van der Waals surface area contributed by atoms with Crippen LogP contribution in [0.1, 0.15) is 25.3 Å². The molecular formula is C28H25F2N5O2. The van der Waals surface area contributed by atoms with Crippen molar-refractivity contribution >= 4 is 22.6 Å². The minimum absolute atomic E-state index is 0.0853. The van der Waals surface area contributed by atoms with E-state index in [1.165, 1.54) is 6.33 Å². The number of carbonyl (C=O) groups is 1. The van der Waals surface area contributed by atoms with Crippen LogP contribution < -0.4 is 10.1 Å². The smallest absolute Gasteiger partial charge is 0.300 e. The third-order valence-electron chi connectivity index (χ3n) is 6.19. The summed E-state index contributed by atoms with van der Waals surface area (Å²) >= 11 is 0. The number of rotatable bonds is 6. The summed E-state index contributed by atoms with van der Waals surface area (Å²) in [7, 11) is 0. The van der Waals surface area contributed by atoms with Gasteiger partial charge in [0.15, 0.2) is 0 Å². The molecule has 7 nitrogen and oxygen atoms in total. The van der Waals surface area contributed by atoms with Gasteiger partial charge in [0.25, 0.3) is 11.8 Å². The van der Waals surface area contributed by atoms with Crippen LogP contribution in [-0.2, 0) is 11.3 Å². The van der Waals surface area contributed by atoms with Gasteiger partial charge in [0, 0.05) is 49.9 Å². The zero-order valence-electron chi connectivity index (χ0n) is 20.2. The number of hydrogen-bond acceptors (Lipinski definition) is 5. The van der Waals surface area contributed by atoms with Crippen LogP contribution in [0.25, 0.3) is 22.3 Å². The van der Waals surface area contributed by atoms with E-state index in [9.17, 15) is 13.6 Å². The lowest BCUT2D eigenvalue weighted by Crippen LogP contribution is -2.38. The Morgan fingerprint density at radius 3 is 2.68 bits per heavy atom. The lowest BCUT2D eigenvalue weighted by Gasteiger charge is -2.31. The van der Waals surface area contributed by atoms with Crippen molar-refractivity contribution in [3.8, 4) is 34.7 Å². The highest BCUT2D eigenvalue weighted by molar-refractivity contribution is 6.04. The van der Waals surface area contributed by atoms with Crippen molar-refractivity contribution in [3.63, 3.8) is 0 Å². The number of alkyl halides is 2. The highest BCUT2D eigenvalue weighted by Gasteiger charge is 2.33. The molecule has 2 aromatic heterocycles. The number of hydrogen-bond donors (Lipinski definition) is 2. The summed E-state index contributed by atoms with van der Waals surface area (Å²) in [6.07, 6.45) is 1.25. The van der Waals surface area contributed by atoms with E-state index < -0.39 is 11.8 Å². The Labute approximate surface area is 212 Å². The van der Waals surface area contributed by atoms with Crippen LogP contribution in [0.5, 0.6) is 11.6 Å². The van der Waals surface area contributed by atoms with E-state index in [1.807, 2.05) is 30.3 Å². The van der Waals surface area contributed by atoms with Crippen LogP contribution in [0.2, 0.25) is 0 Å². The first kappa shape index (κ1) is 24.4. The fraction of sp³-hybridized carbons (Fsp3) is 0.250. The molecule has 1 aliphatic heterocycles. The molecule has 0 atom stereocenters. The minimum Gasteiger partial charge on any atom is -0.438 e. The summed E-state index contributed by atoms with van der Waals surface area (Å²) in [5.74, 6) is 2.94. The van der Waals surface area contributed by atoms with Gasteiger partial charge in [0.1, 0.15) is 17.7 Å². The van der Waals surface area contributed by atoms with Gasteiger partial charge in [-0.2, -0.15) is 0 Å². The van der Waals surface area contributed by atoms with Crippen molar-refractivity contribution in [1.29, 1.82) is 0 Å². The number of halogens is 2. The zero-order valence-corrected chi connectivity index (χ0v) is 20.2. The number of H-pyrrole nitrogens is 1. The molecule has 0 bridgehead atoms. The Morgan fingerprint density at radius 1 is 1.14 bits per heavy atom. The number of piperidine rings is 1. The maximum atomic E-state index is 13.4. The number of aromatic amines is 1. The summed E-state index contributed by atoms with van der Waals surface area (Å²) in [6.45, 7) is 3.05. The van der Waals surface area contributed by atoms with Gasteiger partial charge in [0.05, 0.1) is 5.39 Å². The van der Waals surface area contributed by atoms with E-state index in [-0.39, 0.29) is 12.8 Å². The monoisotopic (exact) mass is 501 g/mol. The Balaban J connectivity index is 1.31. The Hall–Kier alpha value is -4.29. The van der Waals surface area contributed by atoms with Crippen LogP contribution >= 0.6 is 0 Å². The topological polar surface area (TPSA) is 83.1 Å². The van der Waals surface area contributed by atoms with Crippen molar-refractivity contribution in [2.24, 2.45) is 0 Å². The molecule has 0 radical (unpaired) electrons. The number of amides is 1. The van der Waals surface area contributed by atoms with E-state index in [0.29, 0.717) is 48.0 Å². The first-order chi connectivity index (χ1) is 17.9. The summed E-state index contributed by atoms with van der Waals surface area (Å²) in [6, 6.07) is 16.9. The molecule has 0 saturated carbocycles. The van der Waals surface area contributed by atoms with Crippen LogP contribution in [0.15, 0.2) is 60.9 Å². The number of aromatic nitrogens is 3. The first-order valence-corrected chi connectivity index (χ1v) is 11.9. The summed E-state index contributed by atoms with van der Waals surface area (Å²) < 4.78 is 32.9. The van der Waals surface area contributed by atoms with Gasteiger partial charge < -0.3 is 15.0 Å². The van der Waals surface area contributed by atoms with E-state index >= 15 is 0 Å². The molecular weight excluding hydrogens is 476 g/mol. The largest absolute Gasteiger partial charge is 0.438 e. The molecule has 3 heterocycles. The van der Waals surface area contributed by atoms with E-state index in [4.69, 9.17) is 4.74 Å². The molecule has 0 spiro atoms. The van der Waals surface area contributed by atoms with Gasteiger partial charge in [-0.1, -0.05) is 36.3 Å². The Morgan fingerprint density at radius 2 is 1.92 bits per heavy atom. The number of likely N-dealkylation sites (tertiary alicyclic amines) is 1. The molecule has 2 aromatic carbocycles. The predicted octanol–water partition coefficient (Wildman–Crippen LogP) is 5.61. The summed E-state index contributed by atoms with van der Waals surface area (Å²) in [5.41, 5.74) is 4.07. The molecule has 9 heteroatoms. The van der Waals surface area contributed by atoms with Crippen LogP contribution in [0.3, 0.4) is 0 Å². The number of benzene rings is 2. The second-order valence-electron chi connectivity index (χ2n) is 8.91. The normalized spacial score (nSPS) is 15.1. The van der Waals surface area contributed by atoms with Crippen LogP contribution in [-0.4, -0.2) is 44.8 Å². The van der Waals surface area contributed by atoms with Gasteiger partial charge in [-0.05, 0) is 42.2 Å². The predicted molar refractivity (Wildman–Crippen MR) is 137 cm³/mol. The van der Waals surface area contributed by atoms with Gasteiger partial charge in [-0.25, -0.2) is 18.7 Å².